The number of hydrogen-bond donors (Lipinski definition) is 1. The fraction of sp³-hybridized carbons (Fsp3) is 0.706. The number of aryl methyl sites for hydroxylation is 1. The van der Waals surface area contributed by atoms with Gasteiger partial charge in [0.05, 0.1) is 25.0 Å². The maximum atomic E-state index is 12.0. The first-order valence-corrected chi connectivity index (χ1v) is 11.7. The van der Waals surface area contributed by atoms with Crippen LogP contribution in [0.4, 0.5) is 13.2 Å². The van der Waals surface area contributed by atoms with Crippen molar-refractivity contribution in [2.75, 3.05) is 32.5 Å². The van der Waals surface area contributed by atoms with E-state index < -0.39 is 22.2 Å². The fourth-order valence-corrected chi connectivity index (χ4v) is 5.53. The molecule has 0 amide bonds. The van der Waals surface area contributed by atoms with Gasteiger partial charge < -0.3 is 9.84 Å². The Morgan fingerprint density at radius 1 is 1.28 bits per heavy atom. The van der Waals surface area contributed by atoms with Crippen molar-refractivity contribution >= 4 is 27.3 Å². The quantitative estimate of drug-likeness (QED) is 0.748. The van der Waals surface area contributed by atoms with Gasteiger partial charge in [0, 0.05) is 35.9 Å². The number of carbonyl (C=O) groups is 1. The topological polar surface area (TPSA) is 87.2 Å². The summed E-state index contributed by atoms with van der Waals surface area (Å²) in [6.07, 6.45) is -1.98. The van der Waals surface area contributed by atoms with E-state index in [2.05, 4.69) is 24.0 Å². The highest BCUT2D eigenvalue weighted by atomic mass is 32.2. The van der Waals surface area contributed by atoms with E-state index in [0.717, 1.165) is 32.5 Å². The Bertz CT molecular complexity index is 797. The van der Waals surface area contributed by atoms with E-state index in [9.17, 15) is 21.6 Å². The average Bonchev–Trinajstić information content (AvgIpc) is 2.89. The lowest BCUT2D eigenvalue weighted by Crippen LogP contribution is -2.53. The number of ether oxygens (including phenoxy) is 1. The highest BCUT2D eigenvalue weighted by Crippen LogP contribution is 2.27. The van der Waals surface area contributed by atoms with Gasteiger partial charge >= 0.3 is 12.1 Å². The van der Waals surface area contributed by atoms with Crippen molar-refractivity contribution in [1.29, 1.82) is 0 Å². The molecule has 0 saturated carbocycles. The zero-order valence-corrected chi connectivity index (χ0v) is 17.8. The lowest BCUT2D eigenvalue weighted by atomic mass is 10.0. The van der Waals surface area contributed by atoms with Crippen LogP contribution < -0.4 is 0 Å². The Kier molecular flexibility index (Phi) is 8.08. The van der Waals surface area contributed by atoms with Crippen molar-refractivity contribution in [1.82, 2.24) is 9.21 Å². The lowest BCUT2D eigenvalue weighted by molar-refractivity contribution is -0.192. The summed E-state index contributed by atoms with van der Waals surface area (Å²) in [5.41, 5.74) is 0. The minimum Gasteiger partial charge on any atom is -0.475 e. The Labute approximate surface area is 172 Å². The van der Waals surface area contributed by atoms with Crippen LogP contribution in [-0.2, 0) is 26.1 Å². The van der Waals surface area contributed by atoms with Crippen molar-refractivity contribution < 1.29 is 36.2 Å². The summed E-state index contributed by atoms with van der Waals surface area (Å²) in [7, 11) is -3.15. The van der Waals surface area contributed by atoms with E-state index >= 15 is 0 Å². The lowest BCUT2D eigenvalue weighted by Gasteiger charge is -2.38. The monoisotopic (exact) mass is 458 g/mol. The molecular formula is C17H25F3N2O5S2. The third-order valence-corrected chi connectivity index (χ3v) is 7.05. The number of nitrogens with zero attached hydrogens (tertiary/aromatic N) is 2. The van der Waals surface area contributed by atoms with Gasteiger partial charge in [-0.2, -0.15) is 17.5 Å². The van der Waals surface area contributed by atoms with Crippen molar-refractivity contribution in [3.8, 4) is 0 Å². The minimum atomic E-state index is -5.08. The number of sulfonamides is 1. The van der Waals surface area contributed by atoms with Gasteiger partial charge in [-0.3, -0.25) is 4.90 Å². The van der Waals surface area contributed by atoms with Gasteiger partial charge in [0.1, 0.15) is 0 Å². The molecule has 0 spiro atoms. The zero-order valence-electron chi connectivity index (χ0n) is 16.2. The number of hydrogen-bond acceptors (Lipinski definition) is 6. The Hall–Kier alpha value is -1.21. The number of thiophene rings is 1. The Balaban J connectivity index is 0.000000370. The summed E-state index contributed by atoms with van der Waals surface area (Å²) < 4.78 is 63.2. The van der Waals surface area contributed by atoms with Crippen molar-refractivity contribution in [2.45, 2.75) is 44.6 Å². The van der Waals surface area contributed by atoms with Crippen LogP contribution in [0, 0.1) is 6.92 Å². The molecule has 29 heavy (non-hydrogen) atoms. The summed E-state index contributed by atoms with van der Waals surface area (Å²) in [6.45, 7) is 5.98. The van der Waals surface area contributed by atoms with Crippen molar-refractivity contribution in [3.05, 3.63) is 21.9 Å². The second-order valence-corrected chi connectivity index (χ2v) is 10.3. The number of halogens is 3. The molecule has 1 N–H and O–H groups in total. The zero-order chi connectivity index (χ0) is 21.8. The van der Waals surface area contributed by atoms with Crippen LogP contribution in [0.2, 0.25) is 0 Å². The third-order valence-electron chi connectivity index (χ3n) is 4.76. The number of fused-ring (bicyclic) bond motifs is 1. The SMILES string of the molecule is Cc1ccc(CN2CC[C@@H]3OCCN(S(C)(=O)=O)[C@H]3CC2)s1.O=C(O)C(F)(F)F. The maximum absolute atomic E-state index is 12.0. The van der Waals surface area contributed by atoms with Crippen LogP contribution in [0.25, 0.3) is 0 Å². The molecule has 1 aromatic heterocycles. The number of alkyl halides is 3. The van der Waals surface area contributed by atoms with E-state index in [1.807, 2.05) is 11.3 Å². The first-order valence-electron chi connectivity index (χ1n) is 9.04. The molecule has 0 aliphatic carbocycles. The third kappa shape index (κ3) is 7.21. The predicted molar refractivity (Wildman–Crippen MR) is 102 cm³/mol. The molecule has 0 aromatic carbocycles. The molecule has 3 rings (SSSR count). The van der Waals surface area contributed by atoms with E-state index in [4.69, 9.17) is 14.6 Å². The summed E-state index contributed by atoms with van der Waals surface area (Å²) in [6, 6.07) is 4.35. The predicted octanol–water partition coefficient (Wildman–Crippen LogP) is 2.31. The minimum absolute atomic E-state index is 0.00109. The number of carboxylic acid groups (broad SMARTS) is 1. The highest BCUT2D eigenvalue weighted by Gasteiger charge is 2.39. The smallest absolute Gasteiger partial charge is 0.475 e. The first kappa shape index (κ1) is 24.1. The molecule has 2 atom stereocenters. The molecule has 12 heteroatoms. The molecule has 1 aromatic rings. The Morgan fingerprint density at radius 2 is 1.90 bits per heavy atom. The second kappa shape index (κ2) is 9.73. The van der Waals surface area contributed by atoms with Crippen LogP contribution in [0.1, 0.15) is 22.6 Å². The van der Waals surface area contributed by atoms with Crippen LogP contribution in [0.5, 0.6) is 0 Å². The normalized spacial score (nSPS) is 24.2. The number of rotatable bonds is 3. The van der Waals surface area contributed by atoms with Gasteiger partial charge in [-0.15, -0.1) is 11.3 Å². The molecule has 0 radical (unpaired) electrons. The van der Waals surface area contributed by atoms with Crippen LogP contribution >= 0.6 is 11.3 Å². The molecule has 0 unspecified atom stereocenters. The van der Waals surface area contributed by atoms with Gasteiger partial charge in [0.25, 0.3) is 0 Å². The maximum Gasteiger partial charge on any atom is 0.490 e. The van der Waals surface area contributed by atoms with Crippen molar-refractivity contribution in [2.24, 2.45) is 0 Å². The van der Waals surface area contributed by atoms with E-state index in [1.165, 1.54) is 16.0 Å². The summed E-state index contributed by atoms with van der Waals surface area (Å²) >= 11 is 1.84. The van der Waals surface area contributed by atoms with E-state index in [0.29, 0.717) is 13.2 Å². The summed E-state index contributed by atoms with van der Waals surface area (Å²) in [5.74, 6) is -2.76. The molecule has 3 heterocycles. The fourth-order valence-electron chi connectivity index (χ4n) is 3.46. The van der Waals surface area contributed by atoms with Crippen LogP contribution in [0.15, 0.2) is 12.1 Å². The van der Waals surface area contributed by atoms with Crippen LogP contribution in [-0.4, -0.2) is 79.5 Å². The largest absolute Gasteiger partial charge is 0.490 e. The highest BCUT2D eigenvalue weighted by molar-refractivity contribution is 7.88. The van der Waals surface area contributed by atoms with Gasteiger partial charge in [0.2, 0.25) is 10.0 Å². The molecule has 2 fully saturated rings. The number of carboxylic acids is 1. The van der Waals surface area contributed by atoms with E-state index in [-0.39, 0.29) is 12.1 Å². The Morgan fingerprint density at radius 3 is 2.41 bits per heavy atom. The van der Waals surface area contributed by atoms with Crippen LogP contribution in [0.3, 0.4) is 0 Å². The van der Waals surface area contributed by atoms with Gasteiger partial charge in [-0.05, 0) is 31.9 Å². The number of morpholine rings is 1. The summed E-state index contributed by atoms with van der Waals surface area (Å²) in [5, 5.41) is 7.12. The van der Waals surface area contributed by atoms with E-state index in [1.54, 1.807) is 4.31 Å². The summed E-state index contributed by atoms with van der Waals surface area (Å²) in [4.78, 5) is 14.0. The first-order chi connectivity index (χ1) is 13.4. The molecule has 166 valence electrons. The van der Waals surface area contributed by atoms with Gasteiger partial charge in [0.15, 0.2) is 0 Å². The van der Waals surface area contributed by atoms with Crippen molar-refractivity contribution in [3.63, 3.8) is 0 Å². The van der Waals surface area contributed by atoms with Gasteiger partial charge in [-0.1, -0.05) is 0 Å². The molecule has 0 bridgehead atoms. The van der Waals surface area contributed by atoms with Gasteiger partial charge in [-0.25, -0.2) is 13.2 Å². The molecule has 2 aliphatic rings. The molecular weight excluding hydrogens is 433 g/mol. The standard InChI is InChI=1S/C15H24N2O3S2.C2HF3O2/c1-12-3-4-13(21-12)11-16-7-5-14-15(6-8-16)20-10-9-17(14)22(2,18)19;3-2(4,5)1(6)7/h3-4,14-15H,5-11H2,1-2H3;(H,6,7)/t14-,15-;/m0./s1. The molecule has 2 aliphatic heterocycles. The number of aliphatic carboxylic acids is 1. The number of likely N-dealkylation sites (tertiary alicyclic amines) is 1. The molecule has 7 nitrogen and oxygen atoms in total. The average molecular weight is 459 g/mol. The molecule has 2 saturated heterocycles. The second-order valence-electron chi connectivity index (χ2n) is 7.02.